The van der Waals surface area contributed by atoms with Crippen molar-refractivity contribution in [2.24, 2.45) is 5.92 Å². The molecule has 1 unspecified atom stereocenters. The van der Waals surface area contributed by atoms with Crippen LogP contribution in [0.2, 0.25) is 0 Å². The molecule has 3 N–H and O–H groups in total. The van der Waals surface area contributed by atoms with Gasteiger partial charge in [0.15, 0.2) is 0 Å². The average Bonchev–Trinajstić information content (AvgIpc) is 2.60. The molecule has 0 aliphatic carbocycles. The lowest BCUT2D eigenvalue weighted by molar-refractivity contribution is -0.126. The van der Waals surface area contributed by atoms with Crippen molar-refractivity contribution in [3.63, 3.8) is 0 Å². The Labute approximate surface area is 89.2 Å². The molecule has 15 heavy (non-hydrogen) atoms. The van der Waals surface area contributed by atoms with E-state index in [4.69, 9.17) is 0 Å². The molecule has 0 aromatic rings. The smallest absolute Gasteiger partial charge is 0.242 e. The zero-order valence-electron chi connectivity index (χ0n) is 9.12. The summed E-state index contributed by atoms with van der Waals surface area (Å²) in [6.45, 7) is 4.01. The molecule has 1 aliphatic heterocycles. The number of aliphatic hydroxyl groups excluding tert-OH is 1. The van der Waals surface area contributed by atoms with Crippen molar-refractivity contribution in [2.75, 3.05) is 6.54 Å². The average molecular weight is 214 g/mol. The van der Waals surface area contributed by atoms with Gasteiger partial charge in [-0.15, -0.1) is 0 Å². The molecule has 1 heterocycles. The number of rotatable bonds is 4. The quantitative estimate of drug-likeness (QED) is 0.584. The van der Waals surface area contributed by atoms with Crippen LogP contribution in [-0.2, 0) is 9.59 Å². The minimum atomic E-state index is -0.536. The van der Waals surface area contributed by atoms with E-state index in [-0.39, 0.29) is 24.3 Å². The molecular weight excluding hydrogens is 196 g/mol. The third-order valence-electron chi connectivity index (χ3n) is 2.57. The molecular formula is C10H18N2O3. The van der Waals surface area contributed by atoms with Gasteiger partial charge in [-0.05, 0) is 12.3 Å². The second kappa shape index (κ2) is 5.11. The molecule has 2 amide bonds. The molecule has 0 aromatic heterocycles. The van der Waals surface area contributed by atoms with Gasteiger partial charge in [0.2, 0.25) is 11.8 Å². The molecule has 86 valence electrons. The largest absolute Gasteiger partial charge is 0.391 e. The fourth-order valence-corrected chi connectivity index (χ4v) is 1.37. The maximum atomic E-state index is 11.5. The van der Waals surface area contributed by atoms with Gasteiger partial charge in [0.1, 0.15) is 6.04 Å². The van der Waals surface area contributed by atoms with Crippen molar-refractivity contribution in [1.29, 1.82) is 0 Å². The Morgan fingerprint density at radius 2 is 2.33 bits per heavy atom. The highest BCUT2D eigenvalue weighted by Crippen LogP contribution is 2.06. The van der Waals surface area contributed by atoms with Crippen LogP contribution in [0.5, 0.6) is 0 Å². The molecule has 0 radical (unpaired) electrons. The lowest BCUT2D eigenvalue weighted by Gasteiger charge is -2.16. The Kier molecular flexibility index (Phi) is 4.08. The van der Waals surface area contributed by atoms with Gasteiger partial charge in [-0.2, -0.15) is 0 Å². The van der Waals surface area contributed by atoms with Crippen LogP contribution in [0, 0.1) is 5.92 Å². The van der Waals surface area contributed by atoms with Gasteiger partial charge in [0.25, 0.3) is 0 Å². The normalized spacial score (nSPS) is 22.7. The Bertz CT molecular complexity index is 253. The molecule has 5 heteroatoms. The maximum Gasteiger partial charge on any atom is 0.242 e. The van der Waals surface area contributed by atoms with Crippen LogP contribution in [0.1, 0.15) is 26.7 Å². The second-order valence-corrected chi connectivity index (χ2v) is 4.22. The van der Waals surface area contributed by atoms with Crippen LogP contribution < -0.4 is 10.6 Å². The van der Waals surface area contributed by atoms with Crippen molar-refractivity contribution in [3.05, 3.63) is 0 Å². The predicted molar refractivity (Wildman–Crippen MR) is 55.0 cm³/mol. The van der Waals surface area contributed by atoms with Crippen molar-refractivity contribution < 1.29 is 14.7 Å². The minimum Gasteiger partial charge on any atom is -0.391 e. The highest BCUT2D eigenvalue weighted by Gasteiger charge is 2.27. The Morgan fingerprint density at radius 1 is 1.67 bits per heavy atom. The Balaban J connectivity index is 2.27. The fraction of sp³-hybridized carbons (Fsp3) is 0.800. The highest BCUT2D eigenvalue weighted by atomic mass is 16.3. The summed E-state index contributed by atoms with van der Waals surface area (Å²) in [5.41, 5.74) is 0. The van der Waals surface area contributed by atoms with Crippen molar-refractivity contribution in [2.45, 2.75) is 38.8 Å². The van der Waals surface area contributed by atoms with Crippen LogP contribution >= 0.6 is 0 Å². The van der Waals surface area contributed by atoms with Crippen LogP contribution in [0.25, 0.3) is 0 Å². The molecule has 0 bridgehead atoms. The van der Waals surface area contributed by atoms with E-state index in [1.807, 2.05) is 13.8 Å². The molecule has 2 atom stereocenters. The number of nitrogens with one attached hydrogen (secondary N) is 2. The summed E-state index contributed by atoms with van der Waals surface area (Å²) in [6.07, 6.45) is 0.416. The Hall–Kier alpha value is -1.10. The Morgan fingerprint density at radius 3 is 2.80 bits per heavy atom. The van der Waals surface area contributed by atoms with Crippen LogP contribution in [-0.4, -0.2) is 35.6 Å². The van der Waals surface area contributed by atoms with E-state index in [1.54, 1.807) is 0 Å². The van der Waals surface area contributed by atoms with Crippen LogP contribution in [0.3, 0.4) is 0 Å². The summed E-state index contributed by atoms with van der Waals surface area (Å²) in [6, 6.07) is -0.420. The lowest BCUT2D eigenvalue weighted by Crippen LogP contribution is -2.44. The number of carbonyl (C=O) groups excluding carboxylic acids is 2. The van der Waals surface area contributed by atoms with Gasteiger partial charge in [-0.3, -0.25) is 9.59 Å². The highest BCUT2D eigenvalue weighted by molar-refractivity contribution is 5.90. The summed E-state index contributed by atoms with van der Waals surface area (Å²) >= 11 is 0. The topological polar surface area (TPSA) is 78.4 Å². The van der Waals surface area contributed by atoms with Crippen molar-refractivity contribution in [3.8, 4) is 0 Å². The summed E-state index contributed by atoms with van der Waals surface area (Å²) in [4.78, 5) is 22.3. The van der Waals surface area contributed by atoms with E-state index in [9.17, 15) is 14.7 Å². The van der Waals surface area contributed by atoms with Gasteiger partial charge in [-0.1, -0.05) is 13.8 Å². The van der Waals surface area contributed by atoms with Gasteiger partial charge in [0, 0.05) is 13.0 Å². The first-order valence-electron chi connectivity index (χ1n) is 5.26. The lowest BCUT2D eigenvalue weighted by atomic mass is 10.1. The molecule has 1 saturated heterocycles. The van der Waals surface area contributed by atoms with Crippen LogP contribution in [0.15, 0.2) is 0 Å². The van der Waals surface area contributed by atoms with E-state index in [2.05, 4.69) is 10.6 Å². The SMILES string of the molecule is CC(C)C(O)CNC(=O)[C@@H]1CCC(=O)N1. The van der Waals surface area contributed by atoms with Crippen molar-refractivity contribution in [1.82, 2.24) is 10.6 Å². The summed E-state index contributed by atoms with van der Waals surface area (Å²) < 4.78 is 0. The third kappa shape index (κ3) is 3.51. The summed E-state index contributed by atoms with van der Waals surface area (Å²) in [7, 11) is 0. The molecule has 1 rings (SSSR count). The van der Waals surface area contributed by atoms with Crippen molar-refractivity contribution >= 4 is 11.8 Å². The minimum absolute atomic E-state index is 0.0837. The number of hydrogen-bond donors (Lipinski definition) is 3. The predicted octanol–water partition coefficient (Wildman–Crippen LogP) is -0.602. The third-order valence-corrected chi connectivity index (χ3v) is 2.57. The zero-order chi connectivity index (χ0) is 11.4. The number of amides is 2. The first-order chi connectivity index (χ1) is 7.00. The van der Waals surface area contributed by atoms with E-state index in [0.29, 0.717) is 12.8 Å². The van der Waals surface area contributed by atoms with E-state index in [1.165, 1.54) is 0 Å². The monoisotopic (exact) mass is 214 g/mol. The van der Waals surface area contributed by atoms with Gasteiger partial charge >= 0.3 is 0 Å². The second-order valence-electron chi connectivity index (χ2n) is 4.22. The zero-order valence-corrected chi connectivity index (χ0v) is 9.12. The number of aliphatic hydroxyl groups is 1. The molecule has 5 nitrogen and oxygen atoms in total. The molecule has 0 aromatic carbocycles. The van der Waals surface area contributed by atoms with Gasteiger partial charge < -0.3 is 15.7 Å². The van der Waals surface area contributed by atoms with E-state index in [0.717, 1.165) is 0 Å². The fourth-order valence-electron chi connectivity index (χ4n) is 1.37. The standard InChI is InChI=1S/C10H18N2O3/c1-6(2)8(13)5-11-10(15)7-3-4-9(14)12-7/h6-8,13H,3-5H2,1-2H3,(H,11,15)(H,12,14)/t7-,8?/m0/s1. The first kappa shape index (κ1) is 12.0. The number of hydrogen-bond acceptors (Lipinski definition) is 3. The first-order valence-corrected chi connectivity index (χ1v) is 5.26. The van der Waals surface area contributed by atoms with Gasteiger partial charge in [-0.25, -0.2) is 0 Å². The molecule has 0 spiro atoms. The van der Waals surface area contributed by atoms with E-state index >= 15 is 0 Å². The maximum absolute atomic E-state index is 11.5. The number of carbonyl (C=O) groups is 2. The summed E-state index contributed by atoms with van der Waals surface area (Å²) in [5.74, 6) is -0.177. The van der Waals surface area contributed by atoms with Crippen LogP contribution in [0.4, 0.5) is 0 Å². The molecule has 0 saturated carbocycles. The molecule has 1 aliphatic rings. The molecule has 1 fully saturated rings. The van der Waals surface area contributed by atoms with Gasteiger partial charge in [0.05, 0.1) is 6.10 Å². The van der Waals surface area contributed by atoms with E-state index < -0.39 is 12.1 Å². The summed E-state index contributed by atoms with van der Waals surface area (Å²) in [5, 5.41) is 14.7.